The van der Waals surface area contributed by atoms with E-state index in [4.69, 9.17) is 5.73 Å². The Kier molecular flexibility index (Phi) is 4.04. The van der Waals surface area contributed by atoms with Crippen molar-refractivity contribution in [1.82, 2.24) is 19.5 Å². The fourth-order valence-electron chi connectivity index (χ4n) is 3.13. The summed E-state index contributed by atoms with van der Waals surface area (Å²) in [5, 5.41) is 3.92. The quantitative estimate of drug-likeness (QED) is 0.583. The third-order valence-electron chi connectivity index (χ3n) is 4.20. The van der Waals surface area contributed by atoms with Crippen molar-refractivity contribution in [3.63, 3.8) is 0 Å². The van der Waals surface area contributed by atoms with Crippen LogP contribution in [-0.2, 0) is 0 Å². The minimum absolute atomic E-state index is 0.420. The van der Waals surface area contributed by atoms with Gasteiger partial charge in [0.2, 0.25) is 5.95 Å². The number of carbonyl (C=O) groups excluding carboxylic acids is 1. The van der Waals surface area contributed by atoms with Crippen LogP contribution in [0.2, 0.25) is 0 Å². The van der Waals surface area contributed by atoms with Crippen LogP contribution in [0, 0.1) is 13.8 Å². The summed E-state index contributed by atoms with van der Waals surface area (Å²) in [5.74, 6) is 1.25. The summed E-state index contributed by atoms with van der Waals surface area (Å²) in [7, 11) is 0. The number of nitrogens with zero attached hydrogens (tertiary/aromatic N) is 4. The predicted molar refractivity (Wildman–Crippen MR) is 104 cm³/mol. The van der Waals surface area contributed by atoms with Gasteiger partial charge in [-0.15, -0.1) is 0 Å². The Morgan fingerprint density at radius 1 is 1.11 bits per heavy atom. The second-order valence-electron chi connectivity index (χ2n) is 6.33. The van der Waals surface area contributed by atoms with Crippen LogP contribution in [0.1, 0.15) is 21.6 Å². The molecule has 7 nitrogen and oxygen atoms in total. The van der Waals surface area contributed by atoms with E-state index in [1.807, 2.05) is 54.8 Å². The summed E-state index contributed by atoms with van der Waals surface area (Å²) in [6, 6.07) is 13.3. The number of primary amides is 1. The number of rotatable bonds is 4. The van der Waals surface area contributed by atoms with Crippen molar-refractivity contribution in [2.45, 2.75) is 13.8 Å². The van der Waals surface area contributed by atoms with Crippen molar-refractivity contribution in [3.8, 4) is 5.82 Å². The van der Waals surface area contributed by atoms with Crippen LogP contribution >= 0.6 is 0 Å². The molecule has 3 aromatic heterocycles. The number of hydrogen-bond donors (Lipinski definition) is 2. The van der Waals surface area contributed by atoms with Gasteiger partial charge < -0.3 is 15.6 Å². The molecule has 0 fully saturated rings. The van der Waals surface area contributed by atoms with Crippen LogP contribution in [0.3, 0.4) is 0 Å². The van der Waals surface area contributed by atoms with Crippen molar-refractivity contribution < 1.29 is 4.79 Å². The zero-order valence-corrected chi connectivity index (χ0v) is 15.0. The molecule has 0 atom stereocenters. The number of benzene rings is 1. The molecule has 0 saturated carbocycles. The molecule has 134 valence electrons. The topological polar surface area (TPSA) is 98.7 Å². The lowest BCUT2D eigenvalue weighted by atomic mass is 10.2. The number of aryl methyl sites for hydroxylation is 2. The number of nitrogens with one attached hydrogen (secondary N) is 1. The first-order valence-corrected chi connectivity index (χ1v) is 8.47. The first-order valence-electron chi connectivity index (χ1n) is 8.47. The van der Waals surface area contributed by atoms with E-state index in [9.17, 15) is 4.79 Å². The highest BCUT2D eigenvalue weighted by Gasteiger charge is 2.14. The number of nitrogens with two attached hydrogens (primary N) is 1. The Morgan fingerprint density at radius 3 is 2.70 bits per heavy atom. The zero-order chi connectivity index (χ0) is 19.0. The monoisotopic (exact) mass is 358 g/mol. The summed E-state index contributed by atoms with van der Waals surface area (Å²) < 4.78 is 1.83. The number of fused-ring (bicyclic) bond motifs is 1. The first-order chi connectivity index (χ1) is 13.0. The van der Waals surface area contributed by atoms with Gasteiger partial charge in [0.15, 0.2) is 0 Å². The van der Waals surface area contributed by atoms with Crippen molar-refractivity contribution in [3.05, 3.63) is 71.7 Å². The van der Waals surface area contributed by atoms with E-state index in [0.29, 0.717) is 23.1 Å². The molecule has 3 N–H and O–H groups in total. The average Bonchev–Trinajstić information content (AvgIpc) is 3.01. The number of pyridine rings is 1. The van der Waals surface area contributed by atoms with Crippen LogP contribution in [-0.4, -0.2) is 25.4 Å². The fraction of sp³-hybridized carbons (Fsp3) is 0.100. The lowest BCUT2D eigenvalue weighted by molar-refractivity contribution is 0.100. The second-order valence-corrected chi connectivity index (χ2v) is 6.33. The maximum Gasteiger partial charge on any atom is 0.250 e. The van der Waals surface area contributed by atoms with Crippen molar-refractivity contribution >= 4 is 28.6 Å². The molecular formula is C20H18N6O. The summed E-state index contributed by atoms with van der Waals surface area (Å²) >= 11 is 0. The summed E-state index contributed by atoms with van der Waals surface area (Å²) in [5.41, 5.74) is 8.84. The molecule has 27 heavy (non-hydrogen) atoms. The number of anilines is 2. The van der Waals surface area contributed by atoms with Gasteiger partial charge in [-0.3, -0.25) is 4.79 Å². The number of para-hydroxylation sites is 1. The van der Waals surface area contributed by atoms with Gasteiger partial charge >= 0.3 is 0 Å². The molecule has 0 saturated heterocycles. The normalized spacial score (nSPS) is 10.9. The van der Waals surface area contributed by atoms with Crippen molar-refractivity contribution in [1.29, 1.82) is 0 Å². The van der Waals surface area contributed by atoms with Gasteiger partial charge in [0, 0.05) is 23.5 Å². The molecule has 0 aliphatic carbocycles. The van der Waals surface area contributed by atoms with Gasteiger partial charge in [-0.2, -0.15) is 4.98 Å². The maximum absolute atomic E-state index is 11.8. The molecule has 0 unspecified atom stereocenters. The fourth-order valence-corrected chi connectivity index (χ4v) is 3.13. The predicted octanol–water partition coefficient (Wildman–Crippen LogP) is 3.27. The highest BCUT2D eigenvalue weighted by Crippen LogP contribution is 2.24. The highest BCUT2D eigenvalue weighted by atomic mass is 16.1. The Balaban J connectivity index is 1.77. The largest absolute Gasteiger partial charge is 0.366 e. The molecule has 7 heteroatoms. The molecule has 0 spiro atoms. The van der Waals surface area contributed by atoms with Crippen LogP contribution in [0.15, 0.2) is 54.9 Å². The molecule has 1 amide bonds. The number of aromatic nitrogens is 4. The third-order valence-corrected chi connectivity index (χ3v) is 4.20. The smallest absolute Gasteiger partial charge is 0.250 e. The number of hydrogen-bond acceptors (Lipinski definition) is 5. The van der Waals surface area contributed by atoms with Crippen LogP contribution < -0.4 is 11.1 Å². The van der Waals surface area contributed by atoms with Crippen LogP contribution in [0.25, 0.3) is 16.7 Å². The molecule has 0 aliphatic rings. The van der Waals surface area contributed by atoms with Gasteiger partial charge in [-0.05, 0) is 43.7 Å². The van der Waals surface area contributed by atoms with E-state index in [1.165, 1.54) is 0 Å². The molecular weight excluding hydrogens is 340 g/mol. The SMILES string of the molecule is Cc1cc(C)nc(Nc2nccc(-n3cc(C(N)=O)c4ccccc43)n2)c1. The minimum Gasteiger partial charge on any atom is -0.366 e. The summed E-state index contributed by atoms with van der Waals surface area (Å²) in [6.07, 6.45) is 3.36. The third kappa shape index (κ3) is 3.22. The van der Waals surface area contributed by atoms with E-state index >= 15 is 0 Å². The zero-order valence-electron chi connectivity index (χ0n) is 15.0. The molecule has 3 heterocycles. The van der Waals surface area contributed by atoms with Crippen LogP contribution in [0.5, 0.6) is 0 Å². The van der Waals surface area contributed by atoms with E-state index in [-0.39, 0.29) is 0 Å². The Morgan fingerprint density at radius 2 is 1.93 bits per heavy atom. The molecule has 4 rings (SSSR count). The van der Waals surface area contributed by atoms with Gasteiger partial charge in [0.25, 0.3) is 5.91 Å². The van der Waals surface area contributed by atoms with Gasteiger partial charge in [-0.25, -0.2) is 9.97 Å². The van der Waals surface area contributed by atoms with Gasteiger partial charge in [-0.1, -0.05) is 18.2 Å². The van der Waals surface area contributed by atoms with Gasteiger partial charge in [0.1, 0.15) is 11.6 Å². The van der Waals surface area contributed by atoms with E-state index in [2.05, 4.69) is 20.3 Å². The van der Waals surface area contributed by atoms with E-state index in [1.54, 1.807) is 18.5 Å². The minimum atomic E-state index is -0.475. The Labute approximate surface area is 155 Å². The number of amides is 1. The second kappa shape index (κ2) is 6.53. The maximum atomic E-state index is 11.8. The molecule has 0 bridgehead atoms. The van der Waals surface area contributed by atoms with Crippen molar-refractivity contribution in [2.75, 3.05) is 5.32 Å². The summed E-state index contributed by atoms with van der Waals surface area (Å²) in [6.45, 7) is 3.95. The van der Waals surface area contributed by atoms with Crippen molar-refractivity contribution in [2.24, 2.45) is 5.73 Å². The highest BCUT2D eigenvalue weighted by molar-refractivity contribution is 6.06. The van der Waals surface area contributed by atoms with Crippen LogP contribution in [0.4, 0.5) is 11.8 Å². The molecule has 0 aliphatic heterocycles. The lowest BCUT2D eigenvalue weighted by Gasteiger charge is -2.09. The Bertz CT molecular complexity index is 1140. The standard InChI is InChI=1S/C20H18N6O/c1-12-9-13(2)23-17(10-12)24-20-22-8-7-18(25-20)26-11-15(19(21)27)14-5-3-4-6-16(14)26/h3-11H,1-2H3,(H2,21,27)(H,22,23,24,25). The van der Waals surface area contributed by atoms with E-state index in [0.717, 1.165) is 22.2 Å². The molecule has 1 aromatic carbocycles. The molecule has 0 radical (unpaired) electrons. The average molecular weight is 358 g/mol. The lowest BCUT2D eigenvalue weighted by Crippen LogP contribution is -2.10. The van der Waals surface area contributed by atoms with Gasteiger partial charge in [0.05, 0.1) is 11.1 Å². The first kappa shape index (κ1) is 16.7. The van der Waals surface area contributed by atoms with E-state index < -0.39 is 5.91 Å². The number of carbonyl (C=O) groups is 1. The summed E-state index contributed by atoms with van der Waals surface area (Å²) in [4.78, 5) is 25.1. The molecule has 4 aromatic rings. The Hall–Kier alpha value is -3.74.